The number of rotatable bonds is 5. The lowest BCUT2D eigenvalue weighted by molar-refractivity contribution is -0.118. The van der Waals surface area contributed by atoms with Crippen LogP contribution in [0.4, 0.5) is 11.4 Å². The SMILES string of the molecule is CON(C)c1c(NC(=O)[C@@H]2CCOc3ccccc32)cnc2c(-c3cc(Cl)cc(Cl)c3)cccc12. The van der Waals surface area contributed by atoms with Crippen molar-refractivity contribution in [1.29, 1.82) is 0 Å². The van der Waals surface area contributed by atoms with Crippen molar-refractivity contribution in [3.05, 3.63) is 82.5 Å². The molecular weight excluding hydrogens is 485 g/mol. The van der Waals surface area contributed by atoms with Crippen LogP contribution in [0.1, 0.15) is 17.9 Å². The van der Waals surface area contributed by atoms with E-state index in [4.69, 9.17) is 37.8 Å². The molecule has 0 saturated heterocycles. The van der Waals surface area contributed by atoms with Crippen molar-refractivity contribution in [2.24, 2.45) is 0 Å². The number of nitrogens with zero attached hydrogens (tertiary/aromatic N) is 2. The molecule has 1 N–H and O–H groups in total. The Balaban J connectivity index is 1.59. The molecule has 8 heteroatoms. The largest absolute Gasteiger partial charge is 0.493 e. The average Bonchev–Trinajstić information content (AvgIpc) is 2.86. The average molecular weight is 508 g/mol. The monoisotopic (exact) mass is 507 g/mol. The van der Waals surface area contributed by atoms with Crippen molar-refractivity contribution in [2.75, 3.05) is 31.1 Å². The van der Waals surface area contributed by atoms with Crippen LogP contribution in [0, 0.1) is 0 Å². The number of hydrogen-bond acceptors (Lipinski definition) is 5. The van der Waals surface area contributed by atoms with E-state index in [9.17, 15) is 4.79 Å². The first-order chi connectivity index (χ1) is 17.0. The lowest BCUT2D eigenvalue weighted by Crippen LogP contribution is -2.27. The summed E-state index contributed by atoms with van der Waals surface area (Å²) in [5.41, 5.74) is 4.58. The quantitative estimate of drug-likeness (QED) is 0.304. The Morgan fingerprint density at radius 2 is 1.89 bits per heavy atom. The number of hydrogen-bond donors (Lipinski definition) is 1. The first kappa shape index (κ1) is 23.4. The zero-order valence-electron chi connectivity index (χ0n) is 19.2. The second kappa shape index (κ2) is 9.74. The summed E-state index contributed by atoms with van der Waals surface area (Å²) in [6.45, 7) is 0.488. The molecule has 5 rings (SSSR count). The van der Waals surface area contributed by atoms with Crippen molar-refractivity contribution < 1.29 is 14.4 Å². The van der Waals surface area contributed by atoms with Gasteiger partial charge in [-0.15, -0.1) is 0 Å². The maximum Gasteiger partial charge on any atom is 0.232 e. The first-order valence-electron chi connectivity index (χ1n) is 11.1. The lowest BCUT2D eigenvalue weighted by Gasteiger charge is -2.27. The molecule has 0 unspecified atom stereocenters. The molecule has 1 atom stereocenters. The van der Waals surface area contributed by atoms with Gasteiger partial charge in [0.05, 0.1) is 42.7 Å². The number of aromatic nitrogens is 1. The number of para-hydroxylation sites is 2. The van der Waals surface area contributed by atoms with Crippen LogP contribution in [0.3, 0.4) is 0 Å². The van der Waals surface area contributed by atoms with Gasteiger partial charge in [-0.05, 0) is 36.2 Å². The maximum absolute atomic E-state index is 13.4. The minimum absolute atomic E-state index is 0.120. The van der Waals surface area contributed by atoms with Crippen molar-refractivity contribution >= 4 is 51.4 Å². The van der Waals surface area contributed by atoms with E-state index in [1.165, 1.54) is 0 Å². The summed E-state index contributed by atoms with van der Waals surface area (Å²) in [4.78, 5) is 23.7. The Morgan fingerprint density at radius 3 is 2.66 bits per heavy atom. The lowest BCUT2D eigenvalue weighted by atomic mass is 9.92. The third-order valence-corrected chi connectivity index (χ3v) is 6.60. The summed E-state index contributed by atoms with van der Waals surface area (Å²) in [6.07, 6.45) is 2.25. The molecule has 1 aliphatic rings. The van der Waals surface area contributed by atoms with Crippen LogP contribution >= 0.6 is 23.2 Å². The van der Waals surface area contributed by atoms with E-state index in [1.807, 2.05) is 54.6 Å². The second-order valence-electron chi connectivity index (χ2n) is 8.28. The van der Waals surface area contributed by atoms with Crippen LogP contribution in [-0.2, 0) is 9.63 Å². The number of nitrogens with one attached hydrogen (secondary N) is 1. The van der Waals surface area contributed by atoms with Crippen molar-refractivity contribution in [1.82, 2.24) is 4.98 Å². The van der Waals surface area contributed by atoms with E-state index < -0.39 is 0 Å². The molecule has 1 amide bonds. The van der Waals surface area contributed by atoms with Gasteiger partial charge in [-0.2, -0.15) is 0 Å². The highest BCUT2D eigenvalue weighted by Crippen LogP contribution is 2.40. The number of anilines is 2. The Labute approximate surface area is 213 Å². The van der Waals surface area contributed by atoms with Gasteiger partial charge in [0.2, 0.25) is 5.91 Å². The van der Waals surface area contributed by atoms with Gasteiger partial charge in [-0.1, -0.05) is 59.6 Å². The van der Waals surface area contributed by atoms with E-state index in [-0.39, 0.29) is 11.8 Å². The fraction of sp³-hybridized carbons (Fsp3) is 0.185. The zero-order valence-corrected chi connectivity index (χ0v) is 20.7. The Bertz CT molecular complexity index is 1410. The maximum atomic E-state index is 13.4. The molecule has 2 heterocycles. The predicted molar refractivity (Wildman–Crippen MR) is 141 cm³/mol. The highest BCUT2D eigenvalue weighted by atomic mass is 35.5. The molecule has 0 bridgehead atoms. The van der Waals surface area contributed by atoms with Gasteiger partial charge in [-0.3, -0.25) is 19.7 Å². The molecule has 1 aliphatic heterocycles. The fourth-order valence-electron chi connectivity index (χ4n) is 4.51. The topological polar surface area (TPSA) is 63.7 Å². The first-order valence-corrected chi connectivity index (χ1v) is 11.9. The summed E-state index contributed by atoms with van der Waals surface area (Å²) in [7, 11) is 3.37. The smallest absolute Gasteiger partial charge is 0.232 e. The molecule has 178 valence electrons. The molecule has 0 radical (unpaired) electrons. The van der Waals surface area contributed by atoms with Gasteiger partial charge in [0.15, 0.2) is 0 Å². The van der Waals surface area contributed by atoms with Crippen LogP contribution < -0.4 is 15.1 Å². The van der Waals surface area contributed by atoms with Crippen molar-refractivity contribution in [3.8, 4) is 16.9 Å². The fourth-order valence-corrected chi connectivity index (χ4v) is 5.03. The van der Waals surface area contributed by atoms with Gasteiger partial charge in [0.1, 0.15) is 5.75 Å². The Morgan fingerprint density at radius 1 is 1.11 bits per heavy atom. The molecule has 0 saturated carbocycles. The molecule has 4 aromatic rings. The van der Waals surface area contributed by atoms with E-state index in [0.29, 0.717) is 34.4 Å². The summed E-state index contributed by atoms with van der Waals surface area (Å²) < 4.78 is 5.72. The number of ether oxygens (including phenoxy) is 1. The summed E-state index contributed by atoms with van der Waals surface area (Å²) in [5.74, 6) is 0.302. The van der Waals surface area contributed by atoms with Crippen molar-refractivity contribution in [3.63, 3.8) is 0 Å². The number of halogens is 2. The van der Waals surface area contributed by atoms with Gasteiger partial charge < -0.3 is 10.1 Å². The van der Waals surface area contributed by atoms with Gasteiger partial charge in [0.25, 0.3) is 0 Å². The number of fused-ring (bicyclic) bond motifs is 2. The third kappa shape index (κ3) is 4.52. The van der Waals surface area contributed by atoms with Crippen LogP contribution in [0.25, 0.3) is 22.0 Å². The highest BCUT2D eigenvalue weighted by molar-refractivity contribution is 6.35. The van der Waals surface area contributed by atoms with E-state index in [1.54, 1.807) is 31.5 Å². The standard InChI is InChI=1S/C27H23Cl2N3O3/c1-32(34-2)26-22-8-5-7-19(16-12-17(28)14-18(29)13-16)25(22)30-15-23(26)31-27(33)21-10-11-35-24-9-4-3-6-20(21)24/h3-9,12-15,21H,10-11H2,1-2H3,(H,31,33)/t21-/m1/s1. The minimum Gasteiger partial charge on any atom is -0.493 e. The molecule has 6 nitrogen and oxygen atoms in total. The van der Waals surface area contributed by atoms with Gasteiger partial charge in [-0.25, -0.2) is 0 Å². The Kier molecular flexibility index (Phi) is 6.52. The van der Waals surface area contributed by atoms with E-state index >= 15 is 0 Å². The number of carbonyl (C=O) groups is 1. The molecule has 1 aromatic heterocycles. The van der Waals surface area contributed by atoms with Gasteiger partial charge >= 0.3 is 0 Å². The normalized spacial score (nSPS) is 14.8. The molecular formula is C27H23Cl2N3O3. The van der Waals surface area contributed by atoms with Crippen LogP contribution in [-0.4, -0.2) is 31.7 Å². The second-order valence-corrected chi connectivity index (χ2v) is 9.15. The summed E-state index contributed by atoms with van der Waals surface area (Å²) >= 11 is 12.5. The molecule has 0 aliphatic carbocycles. The van der Waals surface area contributed by atoms with E-state index in [0.717, 1.165) is 33.3 Å². The van der Waals surface area contributed by atoms with Crippen molar-refractivity contribution in [2.45, 2.75) is 12.3 Å². The number of benzene rings is 3. The van der Waals surface area contributed by atoms with Crippen LogP contribution in [0.5, 0.6) is 5.75 Å². The van der Waals surface area contributed by atoms with Gasteiger partial charge in [0, 0.05) is 33.6 Å². The number of hydroxylamine groups is 1. The highest BCUT2D eigenvalue weighted by Gasteiger charge is 2.28. The van der Waals surface area contributed by atoms with E-state index in [2.05, 4.69) is 5.32 Å². The molecule has 0 fully saturated rings. The third-order valence-electron chi connectivity index (χ3n) is 6.16. The number of amides is 1. The number of pyridine rings is 1. The van der Waals surface area contributed by atoms with Crippen LogP contribution in [0.15, 0.2) is 66.9 Å². The van der Waals surface area contributed by atoms with Crippen LogP contribution in [0.2, 0.25) is 10.0 Å². The predicted octanol–water partition coefficient (Wildman–Crippen LogP) is 6.71. The summed E-state index contributed by atoms with van der Waals surface area (Å²) in [5, 5.41) is 6.60. The Hall–Kier alpha value is -3.32. The zero-order chi connectivity index (χ0) is 24.5. The molecule has 35 heavy (non-hydrogen) atoms. The molecule has 3 aromatic carbocycles. The molecule has 0 spiro atoms. The minimum atomic E-state index is -0.323. The number of carbonyl (C=O) groups excluding carboxylic acids is 1. The summed E-state index contributed by atoms with van der Waals surface area (Å²) in [6, 6.07) is 18.9.